The first-order valence-electron chi connectivity index (χ1n) is 13.3. The molecule has 190 valence electrons. The van der Waals surface area contributed by atoms with E-state index in [0.717, 1.165) is 51.6 Å². The number of ether oxygens (including phenoxy) is 1. The molecule has 5 rings (SSSR count). The van der Waals surface area contributed by atoms with E-state index >= 15 is 4.39 Å². The average molecular weight is 484 g/mol. The van der Waals surface area contributed by atoms with Crippen molar-refractivity contribution in [1.29, 1.82) is 0 Å². The predicted octanol–water partition coefficient (Wildman–Crippen LogP) is 4.89. The van der Waals surface area contributed by atoms with E-state index in [1.165, 1.54) is 31.7 Å². The Hall–Kier alpha value is -2.68. The number of nitrogens with one attached hydrogen (secondary N) is 1. The van der Waals surface area contributed by atoms with Gasteiger partial charge < -0.3 is 20.7 Å². The quantitative estimate of drug-likeness (QED) is 0.487. The van der Waals surface area contributed by atoms with Crippen LogP contribution in [0.4, 0.5) is 27.9 Å². The zero-order chi connectivity index (χ0) is 24.2. The second kappa shape index (κ2) is 10.9. The number of aromatic nitrogens is 3. The largest absolute Gasteiger partial charge is 0.487 e. The molecule has 1 unspecified atom stereocenters. The van der Waals surface area contributed by atoms with Gasteiger partial charge in [-0.3, -0.25) is 4.90 Å². The van der Waals surface area contributed by atoms with Crippen LogP contribution in [0.25, 0.3) is 0 Å². The van der Waals surface area contributed by atoms with E-state index in [1.54, 1.807) is 6.07 Å². The van der Waals surface area contributed by atoms with Crippen molar-refractivity contribution in [2.45, 2.75) is 89.3 Å². The molecule has 3 fully saturated rings. The maximum atomic E-state index is 15.0. The predicted molar refractivity (Wildman–Crippen MR) is 137 cm³/mol. The molecular weight excluding hydrogens is 445 g/mol. The molecule has 2 aliphatic carbocycles. The van der Waals surface area contributed by atoms with Gasteiger partial charge in [-0.05, 0) is 63.7 Å². The summed E-state index contributed by atoms with van der Waals surface area (Å²) in [6, 6.07) is 5.81. The minimum absolute atomic E-state index is 0.143. The van der Waals surface area contributed by atoms with Gasteiger partial charge in [-0.25, -0.2) is 4.39 Å². The number of anilines is 4. The minimum atomic E-state index is -0.364. The average Bonchev–Trinajstić information content (AvgIpc) is 3.60. The number of halogens is 1. The molecule has 9 heteroatoms. The van der Waals surface area contributed by atoms with Gasteiger partial charge in [0.2, 0.25) is 17.8 Å². The fourth-order valence-corrected chi connectivity index (χ4v) is 5.32. The van der Waals surface area contributed by atoms with Crippen molar-refractivity contribution in [1.82, 2.24) is 19.9 Å². The summed E-state index contributed by atoms with van der Waals surface area (Å²) < 4.78 is 20.7. The monoisotopic (exact) mass is 483 g/mol. The molecule has 2 aromatic rings. The molecule has 35 heavy (non-hydrogen) atoms. The number of benzene rings is 1. The molecule has 1 saturated heterocycles. The highest BCUT2D eigenvalue weighted by atomic mass is 19.1. The first-order valence-corrected chi connectivity index (χ1v) is 13.3. The highest BCUT2D eigenvalue weighted by Gasteiger charge is 2.29. The molecule has 1 aromatic carbocycles. The van der Waals surface area contributed by atoms with Crippen LogP contribution < -0.4 is 20.7 Å². The summed E-state index contributed by atoms with van der Waals surface area (Å²) in [5.41, 5.74) is 6.85. The number of hydrogen-bond donors (Lipinski definition) is 2. The third kappa shape index (κ3) is 6.12. The van der Waals surface area contributed by atoms with Crippen LogP contribution in [0.3, 0.4) is 0 Å². The van der Waals surface area contributed by atoms with Crippen LogP contribution >= 0.6 is 0 Å². The van der Waals surface area contributed by atoms with E-state index in [-0.39, 0.29) is 17.9 Å². The van der Waals surface area contributed by atoms with Crippen molar-refractivity contribution >= 4 is 23.5 Å². The minimum Gasteiger partial charge on any atom is -0.487 e. The van der Waals surface area contributed by atoms with Crippen LogP contribution in [0.1, 0.15) is 71.1 Å². The van der Waals surface area contributed by atoms with Gasteiger partial charge in [0, 0.05) is 30.4 Å². The van der Waals surface area contributed by atoms with Crippen LogP contribution in [-0.2, 0) is 0 Å². The van der Waals surface area contributed by atoms with Crippen LogP contribution in [0.15, 0.2) is 18.2 Å². The van der Waals surface area contributed by atoms with Gasteiger partial charge >= 0.3 is 0 Å². The summed E-state index contributed by atoms with van der Waals surface area (Å²) in [6.45, 7) is 4.89. The Kier molecular flexibility index (Phi) is 7.51. The van der Waals surface area contributed by atoms with E-state index in [4.69, 9.17) is 15.5 Å². The lowest BCUT2D eigenvalue weighted by molar-refractivity contribution is 0.271. The molecular formula is C26H38FN7O. The second-order valence-electron chi connectivity index (χ2n) is 10.1. The van der Waals surface area contributed by atoms with E-state index in [0.29, 0.717) is 42.0 Å². The van der Waals surface area contributed by atoms with Crippen molar-refractivity contribution in [3.63, 3.8) is 0 Å². The van der Waals surface area contributed by atoms with Gasteiger partial charge in [-0.2, -0.15) is 15.0 Å². The number of nitrogen functional groups attached to an aromatic ring is 1. The molecule has 0 bridgehead atoms. The summed E-state index contributed by atoms with van der Waals surface area (Å²) in [5, 5.41) is 3.50. The highest BCUT2D eigenvalue weighted by Crippen LogP contribution is 2.33. The third-order valence-corrected chi connectivity index (χ3v) is 7.41. The number of likely N-dealkylation sites (tertiary alicyclic amines) is 1. The lowest BCUT2D eigenvalue weighted by atomic mass is 10.1. The van der Waals surface area contributed by atoms with Crippen molar-refractivity contribution in [3.05, 3.63) is 24.0 Å². The number of nitrogens with two attached hydrogens (primary N) is 1. The summed E-state index contributed by atoms with van der Waals surface area (Å²) in [7, 11) is 0. The lowest BCUT2D eigenvalue weighted by Gasteiger charge is -2.31. The van der Waals surface area contributed by atoms with E-state index in [1.807, 2.05) is 11.0 Å². The zero-order valence-corrected chi connectivity index (χ0v) is 20.8. The second-order valence-corrected chi connectivity index (χ2v) is 10.1. The maximum absolute atomic E-state index is 15.0. The third-order valence-electron chi connectivity index (χ3n) is 7.41. The molecule has 0 amide bonds. The summed E-state index contributed by atoms with van der Waals surface area (Å²) >= 11 is 0. The molecule has 1 aliphatic heterocycles. The van der Waals surface area contributed by atoms with Gasteiger partial charge in [0.1, 0.15) is 0 Å². The number of rotatable bonds is 9. The fourth-order valence-electron chi connectivity index (χ4n) is 5.32. The SMILES string of the molecule is CCN1CCCC1CN(c1ccc(OC2CC2)c(F)c1)c1nc(N)nc(NC2CCCCCC2)n1. The van der Waals surface area contributed by atoms with E-state index < -0.39 is 0 Å². The molecule has 2 saturated carbocycles. The topological polar surface area (TPSA) is 92.4 Å². The van der Waals surface area contributed by atoms with Crippen LogP contribution in [0.2, 0.25) is 0 Å². The Labute approximate surface area is 207 Å². The van der Waals surface area contributed by atoms with Crippen LogP contribution in [0, 0.1) is 5.82 Å². The highest BCUT2D eigenvalue weighted by molar-refractivity contribution is 5.60. The molecule has 8 nitrogen and oxygen atoms in total. The fraction of sp³-hybridized carbons (Fsp3) is 0.654. The van der Waals surface area contributed by atoms with Crippen molar-refractivity contribution in [3.8, 4) is 5.75 Å². The Balaban J connectivity index is 1.44. The zero-order valence-electron chi connectivity index (χ0n) is 20.8. The molecule has 3 N–H and O–H groups in total. The molecule has 0 radical (unpaired) electrons. The molecule has 3 aliphatic rings. The normalized spacial score (nSPS) is 21.6. The Bertz CT molecular complexity index is 994. The Morgan fingerprint density at radius 2 is 1.86 bits per heavy atom. The lowest BCUT2D eigenvalue weighted by Crippen LogP contribution is -2.39. The summed E-state index contributed by atoms with van der Waals surface area (Å²) in [6.07, 6.45) is 11.5. The molecule has 1 atom stereocenters. The number of hydrogen-bond acceptors (Lipinski definition) is 8. The number of likely N-dealkylation sites (N-methyl/N-ethyl adjacent to an activating group) is 1. The Morgan fingerprint density at radius 3 is 2.57 bits per heavy atom. The van der Waals surface area contributed by atoms with E-state index in [9.17, 15) is 0 Å². The van der Waals surface area contributed by atoms with Gasteiger partial charge in [0.05, 0.1) is 6.10 Å². The van der Waals surface area contributed by atoms with Gasteiger partial charge in [0.15, 0.2) is 11.6 Å². The van der Waals surface area contributed by atoms with Crippen LogP contribution in [-0.4, -0.2) is 57.7 Å². The Morgan fingerprint density at radius 1 is 1.06 bits per heavy atom. The first kappa shape index (κ1) is 24.0. The van der Waals surface area contributed by atoms with Crippen LogP contribution in [0.5, 0.6) is 5.75 Å². The smallest absolute Gasteiger partial charge is 0.236 e. The van der Waals surface area contributed by atoms with E-state index in [2.05, 4.69) is 27.1 Å². The first-order chi connectivity index (χ1) is 17.1. The number of nitrogens with zero attached hydrogens (tertiary/aromatic N) is 5. The van der Waals surface area contributed by atoms with Crippen molar-refractivity contribution in [2.75, 3.05) is 35.6 Å². The standard InChI is InChI=1S/C26H38FN7O/c1-2-33-15-7-10-20(33)17-34(19-11-14-23(22(27)16-19)35-21-12-13-21)26-31-24(28)30-25(32-26)29-18-8-5-3-4-6-9-18/h11,14,16,18,20-21H,2-10,12-13,15,17H2,1H3,(H3,28,29,30,31,32). The summed E-state index contributed by atoms with van der Waals surface area (Å²) in [4.78, 5) is 18.1. The van der Waals surface area contributed by atoms with Gasteiger partial charge in [-0.1, -0.05) is 32.6 Å². The molecule has 2 heterocycles. The maximum Gasteiger partial charge on any atom is 0.236 e. The molecule has 1 aromatic heterocycles. The molecule has 0 spiro atoms. The summed E-state index contributed by atoms with van der Waals surface area (Å²) in [5.74, 6) is 1.06. The van der Waals surface area contributed by atoms with Crippen molar-refractivity contribution in [2.24, 2.45) is 0 Å². The van der Waals surface area contributed by atoms with Crippen molar-refractivity contribution < 1.29 is 9.13 Å². The van der Waals surface area contributed by atoms with Gasteiger partial charge in [-0.15, -0.1) is 0 Å². The van der Waals surface area contributed by atoms with Gasteiger partial charge in [0.25, 0.3) is 0 Å².